The largest absolute Gasteiger partial charge is 0.394 e. The van der Waals surface area contributed by atoms with E-state index in [-0.39, 0.29) is 0 Å². The van der Waals surface area contributed by atoms with E-state index in [2.05, 4.69) is 10.3 Å². The van der Waals surface area contributed by atoms with Gasteiger partial charge in [-0.15, -0.1) is 0 Å². The van der Waals surface area contributed by atoms with Crippen LogP contribution in [0.15, 0.2) is 12.5 Å². The molecule has 0 bridgehead atoms. The monoisotopic (exact) mass is 287 g/mol. The predicted molar refractivity (Wildman–Crippen MR) is 68.9 cm³/mol. The molecule has 5 N–H and O–H groups in total. The molecule has 0 aliphatic carbocycles. The summed E-state index contributed by atoms with van der Waals surface area (Å²) < 4.78 is 6.97. The molecule has 0 aromatic carbocycles. The smallest absolute Gasteiger partial charge is 0.164 e. The van der Waals surface area contributed by atoms with E-state index in [9.17, 15) is 15.3 Å². The van der Waals surface area contributed by atoms with Gasteiger partial charge in [0.15, 0.2) is 6.23 Å². The van der Waals surface area contributed by atoms with Crippen LogP contribution in [0.2, 0.25) is 0 Å². The van der Waals surface area contributed by atoms with Crippen LogP contribution in [0.5, 0.6) is 0 Å². The first-order valence-corrected chi connectivity index (χ1v) is 6.56. The lowest BCUT2D eigenvalue weighted by molar-refractivity contribution is -0.251. The molecule has 8 nitrogen and oxygen atoms in total. The summed E-state index contributed by atoms with van der Waals surface area (Å²) in [6.45, 7) is 0.328. The third-order valence-electron chi connectivity index (χ3n) is 3.45. The maximum absolute atomic E-state index is 9.98. The Labute approximate surface area is 116 Å². The lowest BCUT2D eigenvalue weighted by Crippen LogP contribution is -2.56. The number of nitrogens with one attached hydrogen (secondary N) is 1. The average Bonchev–Trinajstić information content (AvgIpc) is 2.91. The fourth-order valence-electron chi connectivity index (χ4n) is 2.23. The number of aliphatic hydroxyl groups is 4. The fourth-order valence-corrected chi connectivity index (χ4v) is 2.23. The third-order valence-corrected chi connectivity index (χ3v) is 3.45. The van der Waals surface area contributed by atoms with E-state index in [1.165, 1.54) is 10.9 Å². The molecule has 1 fully saturated rings. The molecule has 2 rings (SSSR count). The Morgan fingerprint density at radius 2 is 2.05 bits per heavy atom. The Hall–Kier alpha value is -1.03. The van der Waals surface area contributed by atoms with Gasteiger partial charge in [0.2, 0.25) is 0 Å². The molecule has 20 heavy (non-hydrogen) atoms. The second-order valence-electron chi connectivity index (χ2n) is 4.89. The van der Waals surface area contributed by atoms with E-state index < -0.39 is 37.3 Å². The lowest BCUT2D eigenvalue weighted by Gasteiger charge is -2.40. The van der Waals surface area contributed by atoms with E-state index in [4.69, 9.17) is 9.84 Å². The molecule has 1 aliphatic rings. The number of hydrogen-bond donors (Lipinski definition) is 5. The van der Waals surface area contributed by atoms with Crippen molar-refractivity contribution in [2.75, 3.05) is 20.2 Å². The minimum absolute atomic E-state index is 0.442. The maximum Gasteiger partial charge on any atom is 0.164 e. The first kappa shape index (κ1) is 15.4. The van der Waals surface area contributed by atoms with Crippen LogP contribution in [-0.4, -0.2) is 74.6 Å². The summed E-state index contributed by atoms with van der Waals surface area (Å²) >= 11 is 0. The van der Waals surface area contributed by atoms with Gasteiger partial charge in [0, 0.05) is 19.2 Å². The Balaban J connectivity index is 2.12. The summed E-state index contributed by atoms with van der Waals surface area (Å²) in [6, 6.07) is 0. The molecule has 8 heteroatoms. The van der Waals surface area contributed by atoms with E-state index in [0.717, 1.165) is 18.7 Å². The van der Waals surface area contributed by atoms with Crippen molar-refractivity contribution >= 4 is 0 Å². The van der Waals surface area contributed by atoms with Crippen molar-refractivity contribution in [3.63, 3.8) is 0 Å². The number of imidazole rings is 1. The van der Waals surface area contributed by atoms with Gasteiger partial charge >= 0.3 is 0 Å². The summed E-state index contributed by atoms with van der Waals surface area (Å²) in [5, 5.41) is 41.6. The zero-order valence-corrected chi connectivity index (χ0v) is 11.3. The van der Waals surface area contributed by atoms with Gasteiger partial charge in [-0.2, -0.15) is 0 Å². The van der Waals surface area contributed by atoms with Gasteiger partial charge in [-0.1, -0.05) is 0 Å². The Morgan fingerprint density at radius 1 is 1.30 bits per heavy atom. The first-order chi connectivity index (χ1) is 9.58. The highest BCUT2D eigenvalue weighted by Crippen LogP contribution is 2.28. The van der Waals surface area contributed by atoms with E-state index in [0.29, 0.717) is 0 Å². The Kier molecular flexibility index (Phi) is 5.08. The summed E-state index contributed by atoms with van der Waals surface area (Å²) in [6.07, 6.45) is -1.89. The number of ether oxygens (including phenoxy) is 1. The zero-order valence-electron chi connectivity index (χ0n) is 11.3. The summed E-state index contributed by atoms with van der Waals surface area (Å²) in [5.41, 5.74) is 0.816. The average molecular weight is 287 g/mol. The molecule has 1 aromatic rings. The van der Waals surface area contributed by atoms with Gasteiger partial charge in [-0.05, 0) is 7.05 Å². The van der Waals surface area contributed by atoms with Crippen molar-refractivity contribution in [3.05, 3.63) is 18.2 Å². The highest BCUT2D eigenvalue weighted by atomic mass is 16.6. The number of rotatable bonds is 5. The van der Waals surface area contributed by atoms with Crippen molar-refractivity contribution in [2.24, 2.45) is 0 Å². The van der Waals surface area contributed by atoms with Gasteiger partial charge < -0.3 is 35.0 Å². The molecule has 0 spiro atoms. The molecule has 2 heterocycles. The number of aromatic nitrogens is 2. The van der Waals surface area contributed by atoms with Crippen molar-refractivity contribution < 1.29 is 25.2 Å². The van der Waals surface area contributed by atoms with Gasteiger partial charge in [0.05, 0.1) is 18.6 Å². The Bertz CT molecular complexity index is 425. The van der Waals surface area contributed by atoms with Crippen LogP contribution < -0.4 is 5.32 Å². The molecule has 0 amide bonds. The lowest BCUT2D eigenvalue weighted by atomic mass is 9.98. The number of aliphatic hydroxyl groups excluding tert-OH is 4. The highest BCUT2D eigenvalue weighted by molar-refractivity contribution is 5.00. The van der Waals surface area contributed by atoms with Crippen LogP contribution in [0, 0.1) is 0 Å². The standard InChI is InChI=1S/C12H21N3O5/c1-13-3-2-7-4-15(6-14-7)12-11(19)10(18)9(17)8(5-16)20-12/h4,6,8-13,16-19H,2-3,5H2,1H3/t8-,9+,10+,11-,12+/m0/s1. The molecule has 1 aromatic heterocycles. The van der Waals surface area contributed by atoms with Crippen molar-refractivity contribution in [1.82, 2.24) is 14.9 Å². The van der Waals surface area contributed by atoms with Crippen LogP contribution >= 0.6 is 0 Å². The topological polar surface area (TPSA) is 120 Å². The molecule has 0 saturated carbocycles. The molecular weight excluding hydrogens is 266 g/mol. The molecule has 5 atom stereocenters. The van der Waals surface area contributed by atoms with E-state index in [1.54, 1.807) is 6.20 Å². The fraction of sp³-hybridized carbons (Fsp3) is 0.750. The van der Waals surface area contributed by atoms with Gasteiger partial charge in [-0.3, -0.25) is 0 Å². The van der Waals surface area contributed by atoms with Gasteiger partial charge in [0.1, 0.15) is 24.4 Å². The molecule has 114 valence electrons. The second kappa shape index (κ2) is 6.61. The zero-order chi connectivity index (χ0) is 14.7. The quantitative estimate of drug-likeness (QED) is 0.410. The van der Waals surface area contributed by atoms with Crippen LogP contribution in [0.1, 0.15) is 11.9 Å². The van der Waals surface area contributed by atoms with Crippen molar-refractivity contribution in [2.45, 2.75) is 37.1 Å². The Morgan fingerprint density at radius 3 is 2.70 bits per heavy atom. The predicted octanol–water partition coefficient (Wildman–Crippen LogP) is -2.38. The first-order valence-electron chi connectivity index (χ1n) is 6.56. The number of hydrogen-bond acceptors (Lipinski definition) is 7. The summed E-state index contributed by atoms with van der Waals surface area (Å²) in [5.74, 6) is 0. The maximum atomic E-state index is 9.98. The van der Waals surface area contributed by atoms with Gasteiger partial charge in [-0.25, -0.2) is 4.98 Å². The van der Waals surface area contributed by atoms with Crippen LogP contribution in [0.25, 0.3) is 0 Å². The normalized spacial score (nSPS) is 34.4. The molecule has 1 aliphatic heterocycles. The van der Waals surface area contributed by atoms with Gasteiger partial charge in [0.25, 0.3) is 0 Å². The van der Waals surface area contributed by atoms with Crippen LogP contribution in [0.4, 0.5) is 0 Å². The highest BCUT2D eigenvalue weighted by Gasteiger charge is 2.44. The molecule has 0 radical (unpaired) electrons. The second-order valence-corrected chi connectivity index (χ2v) is 4.89. The molecule has 0 unspecified atom stereocenters. The van der Waals surface area contributed by atoms with Crippen LogP contribution in [0.3, 0.4) is 0 Å². The van der Waals surface area contributed by atoms with E-state index >= 15 is 0 Å². The number of likely N-dealkylation sites (N-methyl/N-ethyl adjacent to an activating group) is 1. The van der Waals surface area contributed by atoms with E-state index in [1.807, 2.05) is 7.05 Å². The number of nitrogens with zero attached hydrogens (tertiary/aromatic N) is 2. The minimum Gasteiger partial charge on any atom is -0.394 e. The molecule has 1 saturated heterocycles. The van der Waals surface area contributed by atoms with Crippen molar-refractivity contribution in [1.29, 1.82) is 0 Å². The molecular formula is C12H21N3O5. The third kappa shape index (κ3) is 3.00. The summed E-state index contributed by atoms with van der Waals surface area (Å²) in [7, 11) is 1.84. The van der Waals surface area contributed by atoms with Crippen LogP contribution in [-0.2, 0) is 11.2 Å². The SMILES string of the molecule is CNCCc1cn([C@@H]2O[C@@H](CO)[C@@H](O)[C@@H](O)[C@@H]2O)cn1. The summed E-state index contributed by atoms with van der Waals surface area (Å²) in [4.78, 5) is 4.18. The van der Waals surface area contributed by atoms with Crippen molar-refractivity contribution in [3.8, 4) is 0 Å². The minimum atomic E-state index is -1.38.